The molecule has 1 atom stereocenters. The first-order valence-corrected chi connectivity index (χ1v) is 12.1. The number of benzene rings is 2. The highest BCUT2D eigenvalue weighted by molar-refractivity contribution is 7.89. The smallest absolute Gasteiger partial charge is 0.238 e. The van der Waals surface area contributed by atoms with E-state index < -0.39 is 21.9 Å². The number of ketones is 1. The number of nitriles is 2. The van der Waals surface area contributed by atoms with Gasteiger partial charge in [-0.3, -0.25) is 4.79 Å². The van der Waals surface area contributed by atoms with Gasteiger partial charge in [0.1, 0.15) is 5.92 Å². The Labute approximate surface area is 198 Å². The Bertz CT molecular complexity index is 1270. The molecule has 2 aromatic rings. The molecule has 0 radical (unpaired) electrons. The van der Waals surface area contributed by atoms with Gasteiger partial charge in [0.15, 0.2) is 5.78 Å². The third-order valence-electron chi connectivity index (χ3n) is 5.55. The number of anilines is 1. The fourth-order valence-corrected chi connectivity index (χ4v) is 4.72. The number of hydrogen-bond acceptors (Lipinski definition) is 6. The van der Waals surface area contributed by atoms with Crippen molar-refractivity contribution in [3.05, 3.63) is 70.4 Å². The van der Waals surface area contributed by atoms with Crippen LogP contribution in [0.3, 0.4) is 0 Å². The highest BCUT2D eigenvalue weighted by Crippen LogP contribution is 2.44. The van der Waals surface area contributed by atoms with Crippen molar-refractivity contribution in [1.82, 2.24) is 0 Å². The summed E-state index contributed by atoms with van der Waals surface area (Å²) >= 11 is 6.02. The van der Waals surface area contributed by atoms with E-state index >= 15 is 0 Å². The van der Waals surface area contributed by atoms with E-state index in [1.165, 1.54) is 12.1 Å². The van der Waals surface area contributed by atoms with Crippen molar-refractivity contribution < 1.29 is 13.2 Å². The van der Waals surface area contributed by atoms with Gasteiger partial charge in [-0.1, -0.05) is 37.6 Å². The highest BCUT2D eigenvalue weighted by atomic mass is 35.5. The Morgan fingerprint density at radius 2 is 1.61 bits per heavy atom. The maximum Gasteiger partial charge on any atom is 0.238 e. The third kappa shape index (κ3) is 5.61. The summed E-state index contributed by atoms with van der Waals surface area (Å²) in [6.45, 7) is 3.94. The number of nitrogens with two attached hydrogens (primary N) is 1. The maximum absolute atomic E-state index is 13.4. The number of Topliss-reactive ketones (excluding diaryl/α,β-unsaturated/α-hetero) is 1. The number of halogens is 1. The minimum Gasteiger partial charge on any atom is -0.359 e. The molecular formula is C24H23ClN4O3S. The molecule has 1 aliphatic carbocycles. The second-order valence-corrected chi connectivity index (χ2v) is 10.8. The largest absolute Gasteiger partial charge is 0.359 e. The molecular weight excluding hydrogens is 460 g/mol. The summed E-state index contributed by atoms with van der Waals surface area (Å²) in [4.78, 5) is 13.3. The minimum atomic E-state index is -3.84. The summed E-state index contributed by atoms with van der Waals surface area (Å²) in [5, 5.41) is 28.3. The lowest BCUT2D eigenvalue weighted by molar-refractivity contribution is -0.118. The van der Waals surface area contributed by atoms with E-state index in [1.54, 1.807) is 36.4 Å². The molecule has 0 aliphatic heterocycles. The molecule has 0 fully saturated rings. The van der Waals surface area contributed by atoms with Crippen LogP contribution < -0.4 is 10.5 Å². The first-order valence-electron chi connectivity index (χ1n) is 10.2. The molecule has 0 heterocycles. The zero-order valence-corrected chi connectivity index (χ0v) is 19.7. The van der Waals surface area contributed by atoms with Crippen molar-refractivity contribution >= 4 is 33.1 Å². The number of nitrogens with zero attached hydrogens (tertiary/aromatic N) is 2. The monoisotopic (exact) mass is 482 g/mol. The average Bonchev–Trinajstić information content (AvgIpc) is 2.72. The summed E-state index contributed by atoms with van der Waals surface area (Å²) < 4.78 is 23.1. The second kappa shape index (κ2) is 9.36. The van der Waals surface area contributed by atoms with Crippen molar-refractivity contribution in [3.8, 4) is 12.1 Å². The van der Waals surface area contributed by atoms with Gasteiger partial charge >= 0.3 is 0 Å². The van der Waals surface area contributed by atoms with Crippen LogP contribution in [0.4, 0.5) is 5.69 Å². The van der Waals surface area contributed by atoms with Gasteiger partial charge in [0.05, 0.1) is 17.0 Å². The van der Waals surface area contributed by atoms with Crippen LogP contribution in [0.15, 0.2) is 64.7 Å². The molecule has 33 heavy (non-hydrogen) atoms. The molecule has 0 bridgehead atoms. The molecule has 3 N–H and O–H groups in total. The maximum atomic E-state index is 13.4. The number of sulfonamides is 1. The summed E-state index contributed by atoms with van der Waals surface area (Å²) in [7, 11) is -3.84. The van der Waals surface area contributed by atoms with Crippen molar-refractivity contribution in [2.24, 2.45) is 16.5 Å². The van der Waals surface area contributed by atoms with Crippen LogP contribution in [-0.4, -0.2) is 14.2 Å². The SMILES string of the molecule is CC1(C)CC(=O)C(C(c2ccc(Cl)cc2)C(C#N)C#N)=C(Nc2ccc(S(N)(=O)=O)cc2)C1. The minimum absolute atomic E-state index is 0.0321. The van der Waals surface area contributed by atoms with Gasteiger partial charge in [-0.2, -0.15) is 10.5 Å². The van der Waals surface area contributed by atoms with Gasteiger partial charge in [-0.15, -0.1) is 0 Å². The summed E-state index contributed by atoms with van der Waals surface area (Å²) in [5.74, 6) is -2.01. The molecule has 0 aromatic heterocycles. The molecule has 1 unspecified atom stereocenters. The number of hydrogen-bond donors (Lipinski definition) is 2. The number of rotatable bonds is 6. The molecule has 3 rings (SSSR count). The number of primary sulfonamides is 1. The lowest BCUT2D eigenvalue weighted by atomic mass is 9.69. The molecule has 7 nitrogen and oxygen atoms in total. The summed E-state index contributed by atoms with van der Waals surface area (Å²) in [5.41, 5.74) is 1.82. The second-order valence-electron chi connectivity index (χ2n) is 8.79. The predicted molar refractivity (Wildman–Crippen MR) is 125 cm³/mol. The van der Waals surface area contributed by atoms with Crippen LogP contribution in [-0.2, 0) is 14.8 Å². The van der Waals surface area contributed by atoms with E-state index in [0.717, 1.165) is 0 Å². The Hall–Kier alpha value is -3.17. The van der Waals surface area contributed by atoms with E-state index in [0.29, 0.717) is 34.0 Å². The van der Waals surface area contributed by atoms with Crippen molar-refractivity contribution in [2.75, 3.05) is 5.32 Å². The predicted octanol–water partition coefficient (Wildman–Crippen LogP) is 4.49. The van der Waals surface area contributed by atoms with E-state index in [4.69, 9.17) is 16.7 Å². The molecule has 2 aromatic carbocycles. The molecule has 170 valence electrons. The quantitative estimate of drug-likeness (QED) is 0.622. The normalized spacial score (nSPS) is 16.8. The number of carbonyl (C=O) groups is 1. The van der Waals surface area contributed by atoms with Crippen molar-refractivity contribution in [2.45, 2.75) is 37.5 Å². The Kier molecular flexibility index (Phi) is 6.94. The topological polar surface area (TPSA) is 137 Å². The van der Waals surface area contributed by atoms with Gasteiger partial charge in [0.25, 0.3) is 0 Å². The molecule has 1 aliphatic rings. The third-order valence-corrected chi connectivity index (χ3v) is 6.73. The molecule has 0 spiro atoms. The van der Waals surface area contributed by atoms with Crippen molar-refractivity contribution in [3.63, 3.8) is 0 Å². The first kappa shape index (κ1) is 24.5. The molecule has 0 saturated heterocycles. The number of carbonyl (C=O) groups excluding carboxylic acids is 1. The van der Waals surface area contributed by atoms with Crippen LogP contribution in [0.1, 0.15) is 38.2 Å². The fraction of sp³-hybridized carbons (Fsp3) is 0.292. The van der Waals surface area contributed by atoms with Crippen LogP contribution in [0.5, 0.6) is 0 Å². The van der Waals surface area contributed by atoms with Gasteiger partial charge < -0.3 is 5.32 Å². The zero-order valence-electron chi connectivity index (χ0n) is 18.2. The summed E-state index contributed by atoms with van der Waals surface area (Å²) in [6, 6.07) is 16.7. The van der Waals surface area contributed by atoms with E-state index in [9.17, 15) is 23.7 Å². The first-order chi connectivity index (χ1) is 15.4. The standard InChI is InChI=1S/C24H23ClN4O3S/c1-24(2)11-20(29-18-7-9-19(10-8-18)33(28,31)32)23(21(30)12-24)22(16(13-26)14-27)15-3-5-17(25)6-4-15/h3-10,16,22,29H,11-12H2,1-2H3,(H2,28,31,32). The number of nitrogens with one attached hydrogen (secondary N) is 1. The molecule has 0 amide bonds. The fourth-order valence-electron chi connectivity index (χ4n) is 4.08. The Morgan fingerprint density at radius 3 is 2.12 bits per heavy atom. The zero-order chi connectivity index (χ0) is 24.4. The lowest BCUT2D eigenvalue weighted by Crippen LogP contribution is -2.32. The number of allylic oxidation sites excluding steroid dienone is 2. The molecule has 9 heteroatoms. The van der Waals surface area contributed by atoms with E-state index in [1.807, 2.05) is 26.0 Å². The van der Waals surface area contributed by atoms with Gasteiger partial charge in [0.2, 0.25) is 10.0 Å². The Balaban J connectivity index is 2.16. The van der Waals surface area contributed by atoms with Crippen LogP contribution in [0.25, 0.3) is 0 Å². The summed E-state index contributed by atoms with van der Waals surface area (Å²) in [6.07, 6.45) is 0.768. The highest BCUT2D eigenvalue weighted by Gasteiger charge is 2.40. The van der Waals surface area contributed by atoms with Gasteiger partial charge in [-0.25, -0.2) is 13.6 Å². The Morgan fingerprint density at radius 1 is 1.03 bits per heavy atom. The van der Waals surface area contributed by atoms with Gasteiger partial charge in [-0.05, 0) is 53.8 Å². The lowest BCUT2D eigenvalue weighted by Gasteiger charge is -2.36. The van der Waals surface area contributed by atoms with Crippen molar-refractivity contribution in [1.29, 1.82) is 10.5 Å². The van der Waals surface area contributed by atoms with Gasteiger partial charge in [0, 0.05) is 34.3 Å². The van der Waals surface area contributed by atoms with Crippen LogP contribution in [0, 0.1) is 34.0 Å². The van der Waals surface area contributed by atoms with E-state index in [-0.39, 0.29) is 22.5 Å². The average molecular weight is 483 g/mol. The molecule has 0 saturated carbocycles. The van der Waals surface area contributed by atoms with Crippen LogP contribution in [0.2, 0.25) is 5.02 Å². The van der Waals surface area contributed by atoms with E-state index in [2.05, 4.69) is 5.32 Å². The van der Waals surface area contributed by atoms with Crippen LogP contribution >= 0.6 is 11.6 Å².